The molecule has 0 spiro atoms. The van der Waals surface area contributed by atoms with E-state index in [0.717, 1.165) is 5.69 Å². The van der Waals surface area contributed by atoms with Crippen LogP contribution in [0.1, 0.15) is 0 Å². The molecule has 142 valence electrons. The maximum absolute atomic E-state index is 12.4. The summed E-state index contributed by atoms with van der Waals surface area (Å²) >= 11 is 11.9. The molecule has 0 N–H and O–H groups in total. The first-order chi connectivity index (χ1) is 12.9. The minimum atomic E-state index is -0.414. The van der Waals surface area contributed by atoms with Gasteiger partial charge in [-0.15, -0.1) is 0 Å². The number of ether oxygens (including phenoxy) is 1. The molecule has 3 rings (SSSR count). The molecule has 0 radical (unpaired) electrons. The zero-order chi connectivity index (χ0) is 19.4. The molecule has 9 heteroatoms. The average molecular weight is 410 g/mol. The first-order valence-corrected chi connectivity index (χ1v) is 9.04. The molecule has 1 fully saturated rings. The molecular formula is C18H17Cl2N3O4. The quantitative estimate of drug-likeness (QED) is 0.556. The molecule has 7 nitrogen and oxygen atoms in total. The Bertz CT molecular complexity index is 854. The van der Waals surface area contributed by atoms with Crippen molar-refractivity contribution in [3.63, 3.8) is 0 Å². The summed E-state index contributed by atoms with van der Waals surface area (Å²) in [5, 5.41) is 11.8. The molecule has 0 aliphatic carbocycles. The average Bonchev–Trinajstić information content (AvgIpc) is 2.67. The molecule has 27 heavy (non-hydrogen) atoms. The topological polar surface area (TPSA) is 75.9 Å². The highest BCUT2D eigenvalue weighted by Crippen LogP contribution is 2.27. The number of carbonyl (C=O) groups excluding carboxylic acids is 1. The summed E-state index contributed by atoms with van der Waals surface area (Å²) in [7, 11) is 0. The fraction of sp³-hybridized carbons (Fsp3) is 0.278. The Hall–Kier alpha value is -2.51. The van der Waals surface area contributed by atoms with Crippen molar-refractivity contribution < 1.29 is 14.5 Å². The summed E-state index contributed by atoms with van der Waals surface area (Å²) in [5.74, 6) is 0.268. The lowest BCUT2D eigenvalue weighted by atomic mass is 10.2. The molecular weight excluding hydrogens is 393 g/mol. The van der Waals surface area contributed by atoms with Gasteiger partial charge in [-0.2, -0.15) is 0 Å². The van der Waals surface area contributed by atoms with Gasteiger partial charge >= 0.3 is 0 Å². The summed E-state index contributed by atoms with van der Waals surface area (Å²) in [4.78, 5) is 26.6. The number of hydrogen-bond acceptors (Lipinski definition) is 5. The second-order valence-corrected chi connectivity index (χ2v) is 6.85. The van der Waals surface area contributed by atoms with E-state index in [1.54, 1.807) is 35.2 Å². The molecule has 0 saturated carbocycles. The maximum atomic E-state index is 12.4. The highest BCUT2D eigenvalue weighted by Gasteiger charge is 2.22. The number of benzene rings is 2. The van der Waals surface area contributed by atoms with Crippen molar-refractivity contribution in [2.45, 2.75) is 0 Å². The third kappa shape index (κ3) is 4.81. The Morgan fingerprint density at radius 1 is 1.11 bits per heavy atom. The van der Waals surface area contributed by atoms with Crippen LogP contribution in [0.25, 0.3) is 0 Å². The van der Waals surface area contributed by atoms with Crippen LogP contribution in [-0.4, -0.2) is 48.5 Å². The van der Waals surface area contributed by atoms with Crippen molar-refractivity contribution in [2.75, 3.05) is 37.7 Å². The van der Waals surface area contributed by atoms with E-state index in [9.17, 15) is 14.9 Å². The van der Waals surface area contributed by atoms with E-state index >= 15 is 0 Å². The van der Waals surface area contributed by atoms with Crippen LogP contribution in [0, 0.1) is 10.1 Å². The monoisotopic (exact) mass is 409 g/mol. The lowest BCUT2D eigenvalue weighted by Crippen LogP contribution is -2.50. The Balaban J connectivity index is 1.53. The van der Waals surface area contributed by atoms with Gasteiger partial charge in [0, 0.05) is 49.0 Å². The van der Waals surface area contributed by atoms with Crippen LogP contribution in [0.2, 0.25) is 10.0 Å². The molecule has 0 unspecified atom stereocenters. The number of nitro groups is 1. The minimum Gasteiger partial charge on any atom is -0.482 e. The Kier molecular flexibility index (Phi) is 6.03. The van der Waals surface area contributed by atoms with Gasteiger partial charge in [-0.3, -0.25) is 14.9 Å². The molecule has 1 aliphatic heterocycles. The van der Waals surface area contributed by atoms with E-state index < -0.39 is 4.92 Å². The van der Waals surface area contributed by atoms with E-state index in [1.807, 2.05) is 11.0 Å². The van der Waals surface area contributed by atoms with Gasteiger partial charge in [0.05, 0.1) is 9.95 Å². The van der Waals surface area contributed by atoms with Crippen LogP contribution < -0.4 is 9.64 Å². The predicted octanol–water partition coefficient (Wildman–Crippen LogP) is 3.63. The normalized spacial score (nSPS) is 14.1. The second-order valence-electron chi connectivity index (χ2n) is 6.01. The third-order valence-corrected chi connectivity index (χ3v) is 4.81. The molecule has 1 amide bonds. The Labute approximate surface area is 166 Å². The van der Waals surface area contributed by atoms with Crippen molar-refractivity contribution in [1.82, 2.24) is 4.90 Å². The number of halogens is 2. The molecule has 0 atom stereocenters. The molecule has 2 aromatic carbocycles. The zero-order valence-electron chi connectivity index (χ0n) is 14.3. The second kappa shape index (κ2) is 8.45. The summed E-state index contributed by atoms with van der Waals surface area (Å²) in [6.07, 6.45) is 0. The van der Waals surface area contributed by atoms with Gasteiger partial charge in [0.25, 0.3) is 11.6 Å². The van der Waals surface area contributed by atoms with Crippen molar-refractivity contribution in [2.24, 2.45) is 0 Å². The van der Waals surface area contributed by atoms with Gasteiger partial charge in [-0.05, 0) is 24.3 Å². The fourth-order valence-electron chi connectivity index (χ4n) is 2.84. The minimum absolute atomic E-state index is 0.0549. The van der Waals surface area contributed by atoms with E-state index in [1.165, 1.54) is 6.07 Å². The van der Waals surface area contributed by atoms with Crippen molar-refractivity contribution in [1.29, 1.82) is 0 Å². The number of anilines is 1. The van der Waals surface area contributed by atoms with E-state index in [0.29, 0.717) is 42.0 Å². The first kappa shape index (κ1) is 19.3. The van der Waals surface area contributed by atoms with Crippen molar-refractivity contribution >= 4 is 40.5 Å². The standard InChI is InChI=1S/C18H17Cl2N3O4/c19-13-4-5-17(16(20)10-13)27-12-18(24)22-8-6-21(7-9-22)14-2-1-3-15(11-14)23(25)26/h1-5,10-11H,6-9,12H2. The lowest BCUT2D eigenvalue weighted by molar-refractivity contribution is -0.384. The van der Waals surface area contributed by atoms with Gasteiger partial charge in [0.1, 0.15) is 5.75 Å². The van der Waals surface area contributed by atoms with E-state index in [-0.39, 0.29) is 18.2 Å². The molecule has 0 aromatic heterocycles. The highest BCUT2D eigenvalue weighted by molar-refractivity contribution is 6.35. The lowest BCUT2D eigenvalue weighted by Gasteiger charge is -2.36. The van der Waals surface area contributed by atoms with Crippen molar-refractivity contribution in [3.8, 4) is 5.75 Å². The Morgan fingerprint density at radius 3 is 2.52 bits per heavy atom. The van der Waals surface area contributed by atoms with Crippen LogP contribution in [0.4, 0.5) is 11.4 Å². The number of nitro benzene ring substituents is 1. The molecule has 1 heterocycles. The highest BCUT2D eigenvalue weighted by atomic mass is 35.5. The maximum Gasteiger partial charge on any atom is 0.271 e. The van der Waals surface area contributed by atoms with Gasteiger partial charge in [0.15, 0.2) is 6.61 Å². The molecule has 2 aromatic rings. The van der Waals surface area contributed by atoms with Crippen molar-refractivity contribution in [3.05, 3.63) is 62.6 Å². The number of nitrogens with zero attached hydrogens (tertiary/aromatic N) is 3. The van der Waals surface area contributed by atoms with Gasteiger partial charge in [0.2, 0.25) is 0 Å². The number of carbonyl (C=O) groups is 1. The number of piperazine rings is 1. The zero-order valence-corrected chi connectivity index (χ0v) is 15.8. The number of amides is 1. The fourth-order valence-corrected chi connectivity index (χ4v) is 3.30. The van der Waals surface area contributed by atoms with Crippen LogP contribution in [0.15, 0.2) is 42.5 Å². The van der Waals surface area contributed by atoms with E-state index in [4.69, 9.17) is 27.9 Å². The summed E-state index contributed by atoms with van der Waals surface area (Å²) in [6.45, 7) is 2.10. The summed E-state index contributed by atoms with van der Waals surface area (Å²) < 4.78 is 5.49. The predicted molar refractivity (Wildman–Crippen MR) is 104 cm³/mol. The number of rotatable bonds is 5. The number of hydrogen-bond donors (Lipinski definition) is 0. The van der Waals surface area contributed by atoms with Crippen LogP contribution >= 0.6 is 23.2 Å². The largest absolute Gasteiger partial charge is 0.482 e. The van der Waals surface area contributed by atoms with Gasteiger partial charge in [-0.1, -0.05) is 29.3 Å². The molecule has 0 bridgehead atoms. The van der Waals surface area contributed by atoms with Crippen LogP contribution in [0.3, 0.4) is 0 Å². The summed E-state index contributed by atoms with van der Waals surface area (Å²) in [5.41, 5.74) is 0.833. The number of non-ortho nitro benzene ring substituents is 1. The van der Waals surface area contributed by atoms with Crippen LogP contribution in [0.5, 0.6) is 5.75 Å². The SMILES string of the molecule is O=C(COc1ccc(Cl)cc1Cl)N1CCN(c2cccc([N+](=O)[O-])c2)CC1. The van der Waals surface area contributed by atoms with Gasteiger partial charge in [-0.25, -0.2) is 0 Å². The van der Waals surface area contributed by atoms with Crippen LogP contribution in [-0.2, 0) is 4.79 Å². The van der Waals surface area contributed by atoms with Gasteiger partial charge < -0.3 is 14.5 Å². The smallest absolute Gasteiger partial charge is 0.271 e. The van der Waals surface area contributed by atoms with E-state index in [2.05, 4.69) is 0 Å². The first-order valence-electron chi connectivity index (χ1n) is 8.29. The Morgan fingerprint density at radius 2 is 1.85 bits per heavy atom. The molecule has 1 aliphatic rings. The molecule has 1 saturated heterocycles. The summed E-state index contributed by atoms with van der Waals surface area (Å²) in [6, 6.07) is 11.3. The third-order valence-electron chi connectivity index (χ3n) is 4.28.